The molecule has 0 spiro atoms. The molecule has 3 aromatic carbocycles. The summed E-state index contributed by atoms with van der Waals surface area (Å²) in [6, 6.07) is 19.8. The molecule has 0 bridgehead atoms. The molecular formula is C21H18ClNO5S2. The van der Waals surface area contributed by atoms with Crippen LogP contribution in [0, 0.1) is 0 Å². The molecular weight excluding hydrogens is 446 g/mol. The van der Waals surface area contributed by atoms with Gasteiger partial charge in [0, 0.05) is 16.3 Å². The van der Waals surface area contributed by atoms with Crippen molar-refractivity contribution in [2.45, 2.75) is 9.79 Å². The van der Waals surface area contributed by atoms with Crippen LogP contribution in [0.2, 0.25) is 5.02 Å². The molecule has 0 saturated carbocycles. The first kappa shape index (κ1) is 22.0. The van der Waals surface area contributed by atoms with Gasteiger partial charge in [-0.3, -0.25) is 4.79 Å². The lowest BCUT2D eigenvalue weighted by atomic mass is 10.2. The number of rotatable bonds is 7. The minimum absolute atomic E-state index is 0.00177. The number of sulfone groups is 2. The highest BCUT2D eigenvalue weighted by molar-refractivity contribution is 7.95. The molecule has 0 aliphatic heterocycles. The van der Waals surface area contributed by atoms with Crippen molar-refractivity contribution < 1.29 is 21.6 Å². The number of hydrogen-bond donors (Lipinski definition) is 1. The number of carbonyl (C=O) groups is 1. The number of halogens is 1. The number of hydrogen-bond acceptors (Lipinski definition) is 5. The van der Waals surface area contributed by atoms with E-state index in [0.717, 1.165) is 0 Å². The highest BCUT2D eigenvalue weighted by Gasteiger charge is 2.22. The van der Waals surface area contributed by atoms with Gasteiger partial charge in [0.15, 0.2) is 19.7 Å². The van der Waals surface area contributed by atoms with Crippen LogP contribution in [0.4, 0.5) is 5.69 Å². The van der Waals surface area contributed by atoms with Crippen LogP contribution in [0.3, 0.4) is 0 Å². The van der Waals surface area contributed by atoms with Gasteiger partial charge < -0.3 is 5.32 Å². The number of nitrogens with one attached hydrogen (secondary N) is 1. The zero-order chi connectivity index (χ0) is 21.8. The van der Waals surface area contributed by atoms with Crippen LogP contribution < -0.4 is 5.32 Å². The highest BCUT2D eigenvalue weighted by Crippen LogP contribution is 2.19. The van der Waals surface area contributed by atoms with Gasteiger partial charge in [0.25, 0.3) is 5.91 Å². The van der Waals surface area contributed by atoms with Crippen molar-refractivity contribution in [3.05, 3.63) is 89.4 Å². The number of carbonyl (C=O) groups excluding carboxylic acids is 1. The van der Waals surface area contributed by atoms with E-state index in [1.807, 2.05) is 0 Å². The van der Waals surface area contributed by atoms with E-state index in [-0.39, 0.29) is 15.4 Å². The second kappa shape index (κ2) is 8.99. The highest BCUT2D eigenvalue weighted by atomic mass is 35.5. The number of anilines is 1. The molecule has 0 saturated heterocycles. The number of benzene rings is 3. The molecule has 3 rings (SSSR count). The van der Waals surface area contributed by atoms with Gasteiger partial charge in [-0.15, -0.1) is 0 Å². The standard InChI is InChI=1S/C21H18ClNO5S2/c22-17-9-11-19(12-10-17)29(25,26)13-14-30(27,28)20-8-4-5-16(15-20)21(24)23-18-6-2-1-3-7-18/h1-12,15H,13-14H2,(H,23,24). The molecule has 156 valence electrons. The summed E-state index contributed by atoms with van der Waals surface area (Å²) in [4.78, 5) is 12.3. The Labute approximate surface area is 180 Å². The Kier molecular flexibility index (Phi) is 6.60. The summed E-state index contributed by atoms with van der Waals surface area (Å²) in [5.74, 6) is -1.66. The van der Waals surface area contributed by atoms with Crippen molar-refractivity contribution in [2.75, 3.05) is 16.8 Å². The van der Waals surface area contributed by atoms with E-state index in [9.17, 15) is 21.6 Å². The quantitative estimate of drug-likeness (QED) is 0.574. The average Bonchev–Trinajstić information content (AvgIpc) is 2.74. The van der Waals surface area contributed by atoms with Crippen LogP contribution in [0.5, 0.6) is 0 Å². The van der Waals surface area contributed by atoms with Gasteiger partial charge in [0.2, 0.25) is 0 Å². The van der Waals surface area contributed by atoms with Crippen LogP contribution in [0.1, 0.15) is 10.4 Å². The zero-order valence-electron chi connectivity index (χ0n) is 15.7. The fourth-order valence-corrected chi connectivity index (χ4v) is 6.15. The van der Waals surface area contributed by atoms with Crippen LogP contribution in [-0.2, 0) is 19.7 Å². The monoisotopic (exact) mass is 463 g/mol. The molecule has 0 aliphatic rings. The number of para-hydroxylation sites is 1. The second-order valence-electron chi connectivity index (χ2n) is 6.44. The molecule has 0 atom stereocenters. The molecule has 6 nitrogen and oxygen atoms in total. The van der Waals surface area contributed by atoms with E-state index >= 15 is 0 Å². The van der Waals surface area contributed by atoms with E-state index in [2.05, 4.69) is 5.32 Å². The van der Waals surface area contributed by atoms with E-state index in [0.29, 0.717) is 10.7 Å². The fourth-order valence-electron chi connectivity index (χ4n) is 2.65. The smallest absolute Gasteiger partial charge is 0.255 e. The third-order valence-corrected chi connectivity index (χ3v) is 8.24. The largest absolute Gasteiger partial charge is 0.322 e. The summed E-state index contributed by atoms with van der Waals surface area (Å²) in [7, 11) is -7.73. The third-order valence-electron chi connectivity index (χ3n) is 4.28. The maximum absolute atomic E-state index is 12.7. The zero-order valence-corrected chi connectivity index (χ0v) is 18.0. The molecule has 9 heteroatoms. The van der Waals surface area contributed by atoms with Crippen molar-refractivity contribution in [1.82, 2.24) is 0 Å². The first-order valence-corrected chi connectivity index (χ1v) is 12.5. The van der Waals surface area contributed by atoms with Gasteiger partial charge >= 0.3 is 0 Å². The summed E-state index contributed by atoms with van der Waals surface area (Å²) in [6.45, 7) is 0. The van der Waals surface area contributed by atoms with E-state index in [4.69, 9.17) is 11.6 Å². The maximum atomic E-state index is 12.7. The van der Waals surface area contributed by atoms with Gasteiger partial charge in [-0.25, -0.2) is 16.8 Å². The summed E-state index contributed by atoms with van der Waals surface area (Å²) in [5.41, 5.74) is 0.727. The Morgan fingerprint density at radius 3 is 1.97 bits per heavy atom. The molecule has 0 unspecified atom stereocenters. The summed E-state index contributed by atoms with van der Waals surface area (Å²) in [5, 5.41) is 3.06. The predicted molar refractivity (Wildman–Crippen MR) is 116 cm³/mol. The van der Waals surface area contributed by atoms with Crippen molar-refractivity contribution in [1.29, 1.82) is 0 Å². The first-order valence-electron chi connectivity index (χ1n) is 8.85. The maximum Gasteiger partial charge on any atom is 0.255 e. The molecule has 3 aromatic rings. The predicted octanol–water partition coefficient (Wildman–Crippen LogP) is 3.84. The molecule has 1 amide bonds. The Bertz CT molecular complexity index is 1260. The molecule has 0 aromatic heterocycles. The minimum atomic E-state index is -3.92. The lowest BCUT2D eigenvalue weighted by molar-refractivity contribution is 0.102. The van der Waals surface area contributed by atoms with Crippen molar-refractivity contribution in [3.63, 3.8) is 0 Å². The SMILES string of the molecule is O=C(Nc1ccccc1)c1cccc(S(=O)(=O)CCS(=O)(=O)c2ccc(Cl)cc2)c1. The lowest BCUT2D eigenvalue weighted by Crippen LogP contribution is -2.18. The summed E-state index contributed by atoms with van der Waals surface area (Å²) in [6.07, 6.45) is 0. The van der Waals surface area contributed by atoms with Crippen molar-refractivity contribution in [2.24, 2.45) is 0 Å². The van der Waals surface area contributed by atoms with Gasteiger partial charge in [0.05, 0.1) is 21.3 Å². The molecule has 0 heterocycles. The Hall–Kier alpha value is -2.68. The normalized spacial score (nSPS) is 11.8. The second-order valence-corrected chi connectivity index (χ2v) is 11.1. The van der Waals surface area contributed by atoms with Gasteiger partial charge in [-0.05, 0) is 54.6 Å². The first-order chi connectivity index (χ1) is 14.2. The fraction of sp³-hybridized carbons (Fsp3) is 0.0952. The van der Waals surface area contributed by atoms with E-state index in [1.54, 1.807) is 30.3 Å². The Morgan fingerprint density at radius 1 is 0.733 bits per heavy atom. The lowest BCUT2D eigenvalue weighted by Gasteiger charge is -2.09. The topological polar surface area (TPSA) is 97.4 Å². The van der Waals surface area contributed by atoms with Gasteiger partial charge in [-0.1, -0.05) is 35.9 Å². The van der Waals surface area contributed by atoms with Crippen LogP contribution in [0.25, 0.3) is 0 Å². The van der Waals surface area contributed by atoms with Crippen LogP contribution in [0.15, 0.2) is 88.7 Å². The van der Waals surface area contributed by atoms with E-state index in [1.165, 1.54) is 48.5 Å². The molecule has 0 aliphatic carbocycles. The van der Waals surface area contributed by atoms with E-state index < -0.39 is 37.1 Å². The van der Waals surface area contributed by atoms with Gasteiger partial charge in [-0.2, -0.15) is 0 Å². The molecule has 1 N–H and O–H groups in total. The molecule has 30 heavy (non-hydrogen) atoms. The summed E-state index contributed by atoms with van der Waals surface area (Å²) >= 11 is 5.76. The number of amides is 1. The minimum Gasteiger partial charge on any atom is -0.322 e. The van der Waals surface area contributed by atoms with Crippen molar-refractivity contribution >= 4 is 42.9 Å². The third kappa shape index (κ3) is 5.47. The Balaban J connectivity index is 1.75. The van der Waals surface area contributed by atoms with Crippen LogP contribution in [-0.4, -0.2) is 34.2 Å². The van der Waals surface area contributed by atoms with Gasteiger partial charge in [0.1, 0.15) is 0 Å². The average molecular weight is 464 g/mol. The summed E-state index contributed by atoms with van der Waals surface area (Å²) < 4.78 is 50.2. The van der Waals surface area contributed by atoms with Crippen molar-refractivity contribution in [3.8, 4) is 0 Å². The molecule has 0 radical (unpaired) electrons. The Morgan fingerprint density at radius 2 is 1.33 bits per heavy atom. The molecule has 0 fully saturated rings. The van der Waals surface area contributed by atoms with Crippen LogP contribution >= 0.6 is 11.6 Å².